The molecule has 43 heavy (non-hydrogen) atoms. The van der Waals surface area contributed by atoms with Crippen LogP contribution in [0.2, 0.25) is 0 Å². The van der Waals surface area contributed by atoms with Gasteiger partial charge in [-0.25, -0.2) is 19.3 Å². The number of nitrogens with zero attached hydrogens (tertiary/aromatic N) is 6. The molecule has 3 aliphatic rings. The maximum atomic E-state index is 13.2. The number of aromatic nitrogens is 4. The Balaban J connectivity index is 0.968. The number of pyridine rings is 2. The third-order valence-corrected chi connectivity index (χ3v) is 9.91. The quantitative estimate of drug-likeness (QED) is 0.344. The summed E-state index contributed by atoms with van der Waals surface area (Å²) in [6, 6.07) is 18.1. The zero-order chi connectivity index (χ0) is 29.8. The van der Waals surface area contributed by atoms with Crippen LogP contribution in [0.15, 0.2) is 60.8 Å². The Bertz CT molecular complexity index is 1690. The van der Waals surface area contributed by atoms with Gasteiger partial charge in [0, 0.05) is 37.6 Å². The number of fused-ring (bicyclic) bond motifs is 1. The van der Waals surface area contributed by atoms with Gasteiger partial charge in [-0.3, -0.25) is 4.79 Å². The second-order valence-corrected chi connectivity index (χ2v) is 12.9. The fourth-order valence-corrected chi connectivity index (χ4v) is 7.33. The number of aromatic carboxylic acids is 1. The SMILES string of the molecule is Cc1cc(N2CC[C@](C)(c3ccccc3)C2)cn2nc(C(=O)NC3CC4(CCN(c5cccc(C(=O)O)n5)CC4)C3)nc12. The first-order valence-corrected chi connectivity index (χ1v) is 15.1. The number of rotatable bonds is 6. The Labute approximate surface area is 250 Å². The Morgan fingerprint density at radius 2 is 1.70 bits per heavy atom. The summed E-state index contributed by atoms with van der Waals surface area (Å²) in [6.07, 6.45) is 6.92. The van der Waals surface area contributed by atoms with Gasteiger partial charge in [-0.1, -0.05) is 43.3 Å². The molecule has 10 nitrogen and oxygen atoms in total. The first-order valence-electron chi connectivity index (χ1n) is 15.1. The number of hydrogen-bond acceptors (Lipinski definition) is 7. The normalized spacial score (nSPS) is 21.7. The number of nitrogens with one attached hydrogen (secondary N) is 1. The average Bonchev–Trinajstić information content (AvgIpc) is 3.62. The number of amides is 1. The summed E-state index contributed by atoms with van der Waals surface area (Å²) >= 11 is 0. The summed E-state index contributed by atoms with van der Waals surface area (Å²) in [6.45, 7) is 7.90. The van der Waals surface area contributed by atoms with E-state index >= 15 is 0 Å². The highest BCUT2D eigenvalue weighted by Gasteiger charge is 2.46. The first-order chi connectivity index (χ1) is 20.7. The van der Waals surface area contributed by atoms with Gasteiger partial charge in [-0.05, 0) is 73.8 Å². The molecular weight excluding hydrogens is 542 g/mol. The van der Waals surface area contributed by atoms with Crippen LogP contribution in [0.5, 0.6) is 0 Å². The molecule has 2 N–H and O–H groups in total. The van der Waals surface area contributed by atoms with Crippen LogP contribution in [0.3, 0.4) is 0 Å². The molecule has 0 radical (unpaired) electrons. The Morgan fingerprint density at radius 1 is 0.953 bits per heavy atom. The van der Waals surface area contributed by atoms with Gasteiger partial charge in [0.2, 0.25) is 5.82 Å². The molecule has 5 heterocycles. The van der Waals surface area contributed by atoms with Crippen molar-refractivity contribution >= 4 is 29.0 Å². The zero-order valence-corrected chi connectivity index (χ0v) is 24.7. The van der Waals surface area contributed by atoms with E-state index in [9.17, 15) is 14.7 Å². The van der Waals surface area contributed by atoms with E-state index in [0.717, 1.165) is 69.5 Å². The number of carboxylic acids is 1. The molecule has 2 saturated heterocycles. The fraction of sp³-hybridized carbons (Fsp3) is 0.424. The van der Waals surface area contributed by atoms with Gasteiger partial charge < -0.3 is 20.2 Å². The van der Waals surface area contributed by atoms with E-state index in [1.165, 1.54) is 11.6 Å². The third-order valence-electron chi connectivity index (χ3n) is 9.91. The van der Waals surface area contributed by atoms with Crippen molar-refractivity contribution in [2.75, 3.05) is 36.0 Å². The number of aryl methyl sites for hydroxylation is 1. The number of carboxylic acid groups (broad SMARTS) is 1. The van der Waals surface area contributed by atoms with Crippen molar-refractivity contribution in [3.63, 3.8) is 0 Å². The lowest BCUT2D eigenvalue weighted by Gasteiger charge is -2.52. The van der Waals surface area contributed by atoms with Crippen LogP contribution in [-0.2, 0) is 5.41 Å². The van der Waals surface area contributed by atoms with Crippen molar-refractivity contribution in [3.8, 4) is 0 Å². The van der Waals surface area contributed by atoms with Crippen LogP contribution in [0.1, 0.15) is 71.3 Å². The molecule has 10 heteroatoms. The summed E-state index contributed by atoms with van der Waals surface area (Å²) < 4.78 is 1.75. The molecule has 1 spiro atoms. The lowest BCUT2D eigenvalue weighted by molar-refractivity contribution is 0.0470. The standard InChI is InChI=1S/C33H37N7O3/c1-22-17-25(39-14-11-32(2,21-39)23-7-4-3-5-8-23)20-40-29(22)36-28(37-40)30(41)34-24-18-33(19-24)12-15-38(16-13-33)27-10-6-9-26(35-27)31(42)43/h3-10,17,20,24H,11-16,18-19,21H2,1-2H3,(H,34,41)(H,42,43)/t32-/m0/s1. The molecule has 7 rings (SSSR count). The second-order valence-electron chi connectivity index (χ2n) is 12.9. The van der Waals surface area contributed by atoms with Gasteiger partial charge in [0.1, 0.15) is 5.82 Å². The Kier molecular flexibility index (Phi) is 6.59. The van der Waals surface area contributed by atoms with E-state index in [1.54, 1.807) is 10.6 Å². The molecule has 2 aliphatic heterocycles. The van der Waals surface area contributed by atoms with Gasteiger partial charge in [-0.15, -0.1) is 5.10 Å². The van der Waals surface area contributed by atoms with Crippen LogP contribution in [0.25, 0.3) is 5.65 Å². The molecule has 1 saturated carbocycles. The Hall–Kier alpha value is -4.47. The van der Waals surface area contributed by atoms with Crippen LogP contribution < -0.4 is 15.1 Å². The van der Waals surface area contributed by atoms with E-state index in [2.05, 4.69) is 73.5 Å². The van der Waals surface area contributed by atoms with E-state index in [4.69, 9.17) is 0 Å². The highest BCUT2D eigenvalue weighted by Crippen LogP contribution is 2.49. The first kappa shape index (κ1) is 27.4. The van der Waals surface area contributed by atoms with E-state index in [0.29, 0.717) is 11.5 Å². The molecule has 0 unspecified atom stereocenters. The minimum Gasteiger partial charge on any atom is -0.477 e. The average molecular weight is 580 g/mol. The smallest absolute Gasteiger partial charge is 0.354 e. The summed E-state index contributed by atoms with van der Waals surface area (Å²) in [5.74, 6) is -0.322. The number of anilines is 2. The molecular formula is C33H37N7O3. The number of carbonyl (C=O) groups is 2. The Morgan fingerprint density at radius 3 is 2.44 bits per heavy atom. The third kappa shape index (κ3) is 5.08. The summed E-state index contributed by atoms with van der Waals surface area (Å²) in [5.41, 5.74) is 4.53. The van der Waals surface area contributed by atoms with Crippen molar-refractivity contribution in [1.29, 1.82) is 0 Å². The molecule has 3 fully saturated rings. The number of piperidine rings is 1. The molecule has 1 amide bonds. The van der Waals surface area contributed by atoms with Crippen molar-refractivity contribution < 1.29 is 14.7 Å². The van der Waals surface area contributed by atoms with Gasteiger partial charge >= 0.3 is 5.97 Å². The summed E-state index contributed by atoms with van der Waals surface area (Å²) in [7, 11) is 0. The maximum absolute atomic E-state index is 13.2. The number of benzene rings is 1. The number of hydrogen-bond donors (Lipinski definition) is 2. The van der Waals surface area contributed by atoms with Gasteiger partial charge in [0.15, 0.2) is 11.3 Å². The highest BCUT2D eigenvalue weighted by atomic mass is 16.4. The molecule has 222 valence electrons. The van der Waals surface area contributed by atoms with Gasteiger partial charge in [0.25, 0.3) is 5.91 Å². The minimum atomic E-state index is -1.01. The second kappa shape index (κ2) is 10.4. The summed E-state index contributed by atoms with van der Waals surface area (Å²) in [5, 5.41) is 17.0. The lowest BCUT2D eigenvalue weighted by Crippen LogP contribution is -2.55. The highest BCUT2D eigenvalue weighted by molar-refractivity contribution is 5.91. The van der Waals surface area contributed by atoms with Crippen molar-refractivity contribution in [2.45, 2.75) is 57.4 Å². The van der Waals surface area contributed by atoms with E-state index in [1.807, 2.05) is 19.2 Å². The lowest BCUT2D eigenvalue weighted by atomic mass is 9.60. The zero-order valence-electron chi connectivity index (χ0n) is 24.7. The van der Waals surface area contributed by atoms with Crippen molar-refractivity contribution in [1.82, 2.24) is 24.9 Å². The summed E-state index contributed by atoms with van der Waals surface area (Å²) in [4.78, 5) is 37.9. The molecule has 4 aromatic rings. The fourth-order valence-electron chi connectivity index (χ4n) is 7.33. The maximum Gasteiger partial charge on any atom is 0.354 e. The molecule has 1 atom stereocenters. The van der Waals surface area contributed by atoms with Gasteiger partial charge in [0.05, 0.1) is 11.9 Å². The van der Waals surface area contributed by atoms with Gasteiger partial charge in [-0.2, -0.15) is 0 Å². The molecule has 3 aromatic heterocycles. The van der Waals surface area contributed by atoms with Crippen molar-refractivity contribution in [2.24, 2.45) is 5.41 Å². The predicted molar refractivity (Wildman–Crippen MR) is 164 cm³/mol. The predicted octanol–water partition coefficient (Wildman–Crippen LogP) is 4.48. The minimum absolute atomic E-state index is 0.0678. The monoisotopic (exact) mass is 579 g/mol. The molecule has 0 bridgehead atoms. The largest absolute Gasteiger partial charge is 0.477 e. The molecule has 1 aliphatic carbocycles. The number of carbonyl (C=O) groups excluding carboxylic acids is 1. The van der Waals surface area contributed by atoms with E-state index < -0.39 is 5.97 Å². The topological polar surface area (TPSA) is 116 Å². The van der Waals surface area contributed by atoms with Crippen LogP contribution in [0, 0.1) is 12.3 Å². The van der Waals surface area contributed by atoms with Crippen LogP contribution >= 0.6 is 0 Å². The van der Waals surface area contributed by atoms with Crippen LogP contribution in [0.4, 0.5) is 11.5 Å². The van der Waals surface area contributed by atoms with Crippen molar-refractivity contribution in [3.05, 3.63) is 83.4 Å². The van der Waals surface area contributed by atoms with E-state index in [-0.39, 0.29) is 34.3 Å². The molecule has 1 aromatic carbocycles. The van der Waals surface area contributed by atoms with Crippen LogP contribution in [-0.4, -0.2) is 68.8 Å².